The van der Waals surface area contributed by atoms with Crippen molar-refractivity contribution in [2.45, 2.75) is 26.3 Å². The smallest absolute Gasteiger partial charge is 0.243 e. The standard InChI is InChI=1S/C16H23N5O/c1-13(16-18-14(2)19-22-16)21-11-9-20(10-12-21)8-6-15-5-3-4-7-17-15/h3-5,7,13H,6,8-12H2,1-2H3. The first-order valence-corrected chi connectivity index (χ1v) is 7.89. The molecule has 0 amide bonds. The topological polar surface area (TPSA) is 58.3 Å². The lowest BCUT2D eigenvalue weighted by molar-refractivity contribution is 0.0889. The van der Waals surface area contributed by atoms with Gasteiger partial charge >= 0.3 is 0 Å². The summed E-state index contributed by atoms with van der Waals surface area (Å²) in [5.41, 5.74) is 1.17. The van der Waals surface area contributed by atoms with Gasteiger partial charge in [0.25, 0.3) is 0 Å². The Kier molecular flexibility index (Phi) is 4.80. The summed E-state index contributed by atoms with van der Waals surface area (Å²) < 4.78 is 5.29. The molecule has 1 aliphatic rings. The summed E-state index contributed by atoms with van der Waals surface area (Å²) in [7, 11) is 0. The molecule has 0 N–H and O–H groups in total. The van der Waals surface area contributed by atoms with Crippen LogP contribution in [-0.4, -0.2) is 57.6 Å². The Bertz CT molecular complexity index is 577. The second-order valence-corrected chi connectivity index (χ2v) is 5.80. The fourth-order valence-electron chi connectivity index (χ4n) is 2.83. The minimum atomic E-state index is 0.194. The van der Waals surface area contributed by atoms with E-state index in [0.717, 1.165) is 45.0 Å². The monoisotopic (exact) mass is 301 g/mol. The van der Waals surface area contributed by atoms with Crippen LogP contribution in [0.1, 0.15) is 30.4 Å². The lowest BCUT2D eigenvalue weighted by Gasteiger charge is -2.36. The molecule has 1 unspecified atom stereocenters. The van der Waals surface area contributed by atoms with Crippen LogP contribution in [0, 0.1) is 6.92 Å². The molecule has 6 heteroatoms. The molecule has 0 spiro atoms. The largest absolute Gasteiger partial charge is 0.338 e. The Balaban J connectivity index is 1.46. The van der Waals surface area contributed by atoms with Gasteiger partial charge in [0.1, 0.15) is 0 Å². The first kappa shape index (κ1) is 15.1. The van der Waals surface area contributed by atoms with Crippen LogP contribution < -0.4 is 0 Å². The summed E-state index contributed by atoms with van der Waals surface area (Å²) in [6.07, 6.45) is 2.88. The van der Waals surface area contributed by atoms with E-state index in [1.807, 2.05) is 25.3 Å². The van der Waals surface area contributed by atoms with Crippen molar-refractivity contribution in [3.05, 3.63) is 41.8 Å². The van der Waals surface area contributed by atoms with Gasteiger partial charge in [0.2, 0.25) is 5.89 Å². The number of rotatable bonds is 5. The number of hydrogen-bond acceptors (Lipinski definition) is 6. The summed E-state index contributed by atoms with van der Waals surface area (Å²) in [5.74, 6) is 1.43. The molecule has 6 nitrogen and oxygen atoms in total. The van der Waals surface area contributed by atoms with E-state index in [2.05, 4.69) is 37.9 Å². The molecule has 2 aromatic heterocycles. The molecule has 0 aliphatic carbocycles. The van der Waals surface area contributed by atoms with Gasteiger partial charge in [-0.25, -0.2) is 0 Å². The Hall–Kier alpha value is -1.79. The first-order valence-electron chi connectivity index (χ1n) is 7.89. The highest BCUT2D eigenvalue weighted by molar-refractivity contribution is 5.04. The normalized spacial score (nSPS) is 18.5. The third kappa shape index (κ3) is 3.69. The van der Waals surface area contributed by atoms with Crippen LogP contribution in [0.15, 0.2) is 28.9 Å². The molecule has 0 radical (unpaired) electrons. The van der Waals surface area contributed by atoms with Crippen LogP contribution in [0.5, 0.6) is 0 Å². The first-order chi connectivity index (χ1) is 10.7. The fraction of sp³-hybridized carbons (Fsp3) is 0.562. The summed E-state index contributed by atoms with van der Waals surface area (Å²) in [4.78, 5) is 13.6. The average Bonchev–Trinajstić information content (AvgIpc) is 3.00. The summed E-state index contributed by atoms with van der Waals surface area (Å²) in [5, 5.41) is 3.88. The van der Waals surface area contributed by atoms with Crippen molar-refractivity contribution in [2.75, 3.05) is 32.7 Å². The van der Waals surface area contributed by atoms with Crippen molar-refractivity contribution in [1.29, 1.82) is 0 Å². The van der Waals surface area contributed by atoms with Crippen LogP contribution >= 0.6 is 0 Å². The highest BCUT2D eigenvalue weighted by Gasteiger charge is 2.25. The van der Waals surface area contributed by atoms with Gasteiger partial charge in [-0.1, -0.05) is 11.2 Å². The zero-order chi connectivity index (χ0) is 15.4. The lowest BCUT2D eigenvalue weighted by atomic mass is 10.2. The molecule has 0 saturated carbocycles. The second kappa shape index (κ2) is 6.98. The highest BCUT2D eigenvalue weighted by atomic mass is 16.5. The van der Waals surface area contributed by atoms with Gasteiger partial charge < -0.3 is 9.42 Å². The zero-order valence-electron chi connectivity index (χ0n) is 13.3. The Morgan fingerprint density at radius 2 is 2.05 bits per heavy atom. The van der Waals surface area contributed by atoms with E-state index in [1.54, 1.807) is 0 Å². The molecule has 0 aromatic carbocycles. The SMILES string of the molecule is Cc1noc(C(C)N2CCN(CCc3ccccn3)CC2)n1. The van der Waals surface area contributed by atoms with Crippen molar-refractivity contribution >= 4 is 0 Å². The van der Waals surface area contributed by atoms with E-state index in [4.69, 9.17) is 4.52 Å². The van der Waals surface area contributed by atoms with Gasteiger partial charge in [0.15, 0.2) is 5.82 Å². The maximum absolute atomic E-state index is 5.29. The fourth-order valence-corrected chi connectivity index (χ4v) is 2.83. The number of nitrogens with zero attached hydrogens (tertiary/aromatic N) is 5. The van der Waals surface area contributed by atoms with E-state index in [-0.39, 0.29) is 6.04 Å². The molecule has 1 fully saturated rings. The molecule has 2 aromatic rings. The average molecular weight is 301 g/mol. The molecule has 1 saturated heterocycles. The van der Waals surface area contributed by atoms with Crippen LogP contribution in [0.2, 0.25) is 0 Å². The zero-order valence-corrected chi connectivity index (χ0v) is 13.3. The summed E-state index contributed by atoms with van der Waals surface area (Å²) in [6.45, 7) is 9.27. The molecule has 22 heavy (non-hydrogen) atoms. The summed E-state index contributed by atoms with van der Waals surface area (Å²) in [6, 6.07) is 6.30. The van der Waals surface area contributed by atoms with Crippen LogP contribution in [-0.2, 0) is 6.42 Å². The predicted molar refractivity (Wildman–Crippen MR) is 83.4 cm³/mol. The predicted octanol–water partition coefficient (Wildman–Crippen LogP) is 1.69. The molecule has 0 bridgehead atoms. The Labute approximate surface area is 131 Å². The number of hydrogen-bond donors (Lipinski definition) is 0. The molecule has 1 atom stereocenters. The number of piperazine rings is 1. The lowest BCUT2D eigenvalue weighted by Crippen LogP contribution is -2.47. The van der Waals surface area contributed by atoms with Gasteiger partial charge in [-0.15, -0.1) is 0 Å². The maximum Gasteiger partial charge on any atom is 0.243 e. The molecular weight excluding hydrogens is 278 g/mol. The van der Waals surface area contributed by atoms with Crippen LogP contribution in [0.4, 0.5) is 0 Å². The Morgan fingerprint density at radius 3 is 2.68 bits per heavy atom. The van der Waals surface area contributed by atoms with Gasteiger partial charge in [-0.05, 0) is 26.0 Å². The minimum Gasteiger partial charge on any atom is -0.338 e. The maximum atomic E-state index is 5.29. The van der Waals surface area contributed by atoms with Gasteiger partial charge in [0.05, 0.1) is 6.04 Å². The molecule has 3 rings (SSSR count). The van der Waals surface area contributed by atoms with Gasteiger partial charge in [-0.3, -0.25) is 9.88 Å². The highest BCUT2D eigenvalue weighted by Crippen LogP contribution is 2.19. The minimum absolute atomic E-state index is 0.194. The van der Waals surface area contributed by atoms with Crippen LogP contribution in [0.25, 0.3) is 0 Å². The Morgan fingerprint density at radius 1 is 1.23 bits per heavy atom. The van der Waals surface area contributed by atoms with E-state index in [0.29, 0.717) is 5.82 Å². The molecule has 3 heterocycles. The van der Waals surface area contributed by atoms with E-state index < -0.39 is 0 Å². The number of aryl methyl sites for hydroxylation is 1. The van der Waals surface area contributed by atoms with Crippen molar-refractivity contribution in [3.63, 3.8) is 0 Å². The molecule has 1 aliphatic heterocycles. The van der Waals surface area contributed by atoms with Crippen molar-refractivity contribution in [1.82, 2.24) is 24.9 Å². The molecule has 118 valence electrons. The van der Waals surface area contributed by atoms with Gasteiger partial charge in [-0.2, -0.15) is 4.98 Å². The van der Waals surface area contributed by atoms with Crippen molar-refractivity contribution < 1.29 is 4.52 Å². The number of aromatic nitrogens is 3. The number of pyridine rings is 1. The quantitative estimate of drug-likeness (QED) is 0.837. The third-order valence-electron chi connectivity index (χ3n) is 4.27. The summed E-state index contributed by atoms with van der Waals surface area (Å²) >= 11 is 0. The third-order valence-corrected chi connectivity index (χ3v) is 4.27. The van der Waals surface area contributed by atoms with Crippen molar-refractivity contribution in [3.8, 4) is 0 Å². The van der Waals surface area contributed by atoms with Gasteiger partial charge in [0, 0.05) is 51.0 Å². The van der Waals surface area contributed by atoms with E-state index in [9.17, 15) is 0 Å². The van der Waals surface area contributed by atoms with Crippen molar-refractivity contribution in [2.24, 2.45) is 0 Å². The second-order valence-electron chi connectivity index (χ2n) is 5.80. The van der Waals surface area contributed by atoms with Crippen LogP contribution in [0.3, 0.4) is 0 Å². The molecular formula is C16H23N5O. The van der Waals surface area contributed by atoms with E-state index >= 15 is 0 Å². The van der Waals surface area contributed by atoms with E-state index in [1.165, 1.54) is 5.69 Å².